The standard InChI is InChI=1S/C4H8INOS/c1-8-4(7)6-3-2-5/h2-3H2,1H3,(H,6,7). The highest BCUT2D eigenvalue weighted by Gasteiger charge is 1.91. The maximum absolute atomic E-state index is 10.4. The van der Waals surface area contributed by atoms with Crippen molar-refractivity contribution >= 4 is 39.6 Å². The minimum atomic E-state index is 0.0571. The molecule has 0 aliphatic carbocycles. The van der Waals surface area contributed by atoms with Gasteiger partial charge in [0.05, 0.1) is 0 Å². The molecule has 0 radical (unpaired) electrons. The highest BCUT2D eigenvalue weighted by atomic mass is 127. The predicted octanol–water partition coefficient (Wildman–Crippen LogP) is 1.49. The summed E-state index contributed by atoms with van der Waals surface area (Å²) in [5, 5.41) is 2.76. The largest absolute Gasteiger partial charge is 0.346 e. The molecule has 0 fully saturated rings. The van der Waals surface area contributed by atoms with Gasteiger partial charge in [0.15, 0.2) is 0 Å². The molecule has 1 amide bonds. The number of thioether (sulfide) groups is 1. The quantitative estimate of drug-likeness (QED) is 0.590. The predicted molar refractivity (Wildman–Crippen MR) is 45.8 cm³/mol. The summed E-state index contributed by atoms with van der Waals surface area (Å²) in [6.07, 6.45) is 1.77. The van der Waals surface area contributed by atoms with Gasteiger partial charge in [-0.15, -0.1) is 0 Å². The van der Waals surface area contributed by atoms with Crippen LogP contribution in [0.5, 0.6) is 0 Å². The lowest BCUT2D eigenvalue weighted by atomic mass is 10.8. The summed E-state index contributed by atoms with van der Waals surface area (Å²) in [5.41, 5.74) is 0. The number of carbonyl (C=O) groups excluding carboxylic acids is 1. The maximum atomic E-state index is 10.4. The fourth-order valence-electron chi connectivity index (χ4n) is 0.221. The van der Waals surface area contributed by atoms with Crippen molar-refractivity contribution in [2.45, 2.75) is 0 Å². The van der Waals surface area contributed by atoms with E-state index in [0.29, 0.717) is 0 Å². The normalized spacial score (nSPS) is 8.75. The third-order valence-corrected chi connectivity index (χ3v) is 1.60. The van der Waals surface area contributed by atoms with E-state index < -0.39 is 0 Å². The molecular formula is C4H8INOS. The summed E-state index contributed by atoms with van der Waals surface area (Å²) in [5.74, 6) is 0. The Morgan fingerprint density at radius 3 is 2.88 bits per heavy atom. The SMILES string of the molecule is CSC(=O)NCCI. The fourth-order valence-corrected chi connectivity index (χ4v) is 0.738. The molecule has 0 bridgehead atoms. The van der Waals surface area contributed by atoms with Gasteiger partial charge in [-0.05, 0) is 6.26 Å². The molecule has 0 aromatic carbocycles. The molecule has 0 unspecified atom stereocenters. The molecule has 0 saturated heterocycles. The van der Waals surface area contributed by atoms with Gasteiger partial charge in [0, 0.05) is 11.0 Å². The molecule has 1 N–H and O–H groups in total. The number of hydrogen-bond acceptors (Lipinski definition) is 2. The van der Waals surface area contributed by atoms with Gasteiger partial charge in [-0.25, -0.2) is 0 Å². The van der Waals surface area contributed by atoms with Gasteiger partial charge in [0.1, 0.15) is 0 Å². The summed E-state index contributed by atoms with van der Waals surface area (Å²) in [4.78, 5) is 10.4. The van der Waals surface area contributed by atoms with Gasteiger partial charge in [-0.3, -0.25) is 4.79 Å². The second-order valence-corrected chi connectivity index (χ2v) is 2.97. The lowest BCUT2D eigenvalue weighted by molar-refractivity contribution is 0.261. The number of carbonyl (C=O) groups is 1. The summed E-state index contributed by atoms with van der Waals surface area (Å²) in [6, 6.07) is 0. The van der Waals surface area contributed by atoms with Crippen molar-refractivity contribution in [3.63, 3.8) is 0 Å². The number of nitrogens with one attached hydrogen (secondary N) is 1. The van der Waals surface area contributed by atoms with E-state index in [2.05, 4.69) is 27.9 Å². The van der Waals surface area contributed by atoms with E-state index in [-0.39, 0.29) is 5.24 Å². The summed E-state index contributed by atoms with van der Waals surface area (Å²) in [7, 11) is 0. The minimum absolute atomic E-state index is 0.0571. The van der Waals surface area contributed by atoms with Crippen molar-refractivity contribution in [1.29, 1.82) is 0 Å². The number of rotatable bonds is 2. The van der Waals surface area contributed by atoms with E-state index in [0.717, 1.165) is 11.0 Å². The zero-order chi connectivity index (χ0) is 6.41. The summed E-state index contributed by atoms with van der Waals surface area (Å²) < 4.78 is 0.976. The van der Waals surface area contributed by atoms with E-state index in [4.69, 9.17) is 0 Å². The average molecular weight is 245 g/mol. The average Bonchev–Trinajstić information content (AvgIpc) is 1.83. The van der Waals surface area contributed by atoms with Crippen LogP contribution in [0, 0.1) is 0 Å². The van der Waals surface area contributed by atoms with Crippen LogP contribution in [0.2, 0.25) is 0 Å². The van der Waals surface area contributed by atoms with Gasteiger partial charge in [-0.2, -0.15) is 0 Å². The molecule has 0 spiro atoms. The van der Waals surface area contributed by atoms with Crippen LogP contribution in [0.3, 0.4) is 0 Å². The van der Waals surface area contributed by atoms with Crippen molar-refractivity contribution in [1.82, 2.24) is 5.32 Å². The number of amides is 1. The molecule has 0 heterocycles. The summed E-state index contributed by atoms with van der Waals surface area (Å²) in [6.45, 7) is 0.778. The van der Waals surface area contributed by atoms with Crippen LogP contribution in [-0.4, -0.2) is 22.5 Å². The van der Waals surface area contributed by atoms with Crippen LogP contribution < -0.4 is 5.32 Å². The molecule has 0 saturated carbocycles. The topological polar surface area (TPSA) is 29.1 Å². The Morgan fingerprint density at radius 2 is 2.50 bits per heavy atom. The van der Waals surface area contributed by atoms with E-state index in [1.54, 1.807) is 6.26 Å². The van der Waals surface area contributed by atoms with Crippen LogP contribution in [0.25, 0.3) is 0 Å². The Morgan fingerprint density at radius 1 is 1.88 bits per heavy atom. The number of halogens is 1. The number of alkyl halides is 1. The monoisotopic (exact) mass is 245 g/mol. The van der Waals surface area contributed by atoms with Crippen LogP contribution in [-0.2, 0) is 0 Å². The Kier molecular flexibility index (Phi) is 6.07. The van der Waals surface area contributed by atoms with Gasteiger partial charge in [0.25, 0.3) is 5.24 Å². The maximum Gasteiger partial charge on any atom is 0.278 e. The second-order valence-electron chi connectivity index (χ2n) is 1.11. The van der Waals surface area contributed by atoms with E-state index in [9.17, 15) is 4.79 Å². The molecule has 0 aromatic rings. The van der Waals surface area contributed by atoms with Crippen molar-refractivity contribution in [2.24, 2.45) is 0 Å². The van der Waals surface area contributed by atoms with Crippen LogP contribution in [0.4, 0.5) is 4.79 Å². The summed E-state index contributed by atoms with van der Waals surface area (Å²) >= 11 is 3.42. The zero-order valence-electron chi connectivity index (χ0n) is 4.61. The fraction of sp³-hybridized carbons (Fsp3) is 0.750. The number of hydrogen-bond donors (Lipinski definition) is 1. The second kappa shape index (κ2) is 5.68. The van der Waals surface area contributed by atoms with Crippen molar-refractivity contribution in [2.75, 3.05) is 17.2 Å². The van der Waals surface area contributed by atoms with Gasteiger partial charge in [-0.1, -0.05) is 34.4 Å². The first kappa shape index (κ1) is 8.55. The Bertz CT molecular complexity index is 78.4. The lowest BCUT2D eigenvalue weighted by Crippen LogP contribution is -2.19. The van der Waals surface area contributed by atoms with E-state index >= 15 is 0 Å². The van der Waals surface area contributed by atoms with Crippen molar-refractivity contribution < 1.29 is 4.79 Å². The zero-order valence-corrected chi connectivity index (χ0v) is 7.58. The van der Waals surface area contributed by atoms with Crippen LogP contribution in [0.15, 0.2) is 0 Å². The molecule has 8 heavy (non-hydrogen) atoms. The smallest absolute Gasteiger partial charge is 0.278 e. The minimum Gasteiger partial charge on any atom is -0.346 e. The Balaban J connectivity index is 2.99. The molecule has 0 atom stereocenters. The molecule has 48 valence electrons. The first-order chi connectivity index (χ1) is 3.81. The van der Waals surface area contributed by atoms with E-state index in [1.165, 1.54) is 11.8 Å². The first-order valence-corrected chi connectivity index (χ1v) is 4.94. The Labute approximate surface area is 66.9 Å². The van der Waals surface area contributed by atoms with Gasteiger partial charge >= 0.3 is 0 Å². The van der Waals surface area contributed by atoms with Crippen LogP contribution in [0.1, 0.15) is 0 Å². The Hall–Kier alpha value is 0.550. The van der Waals surface area contributed by atoms with E-state index in [1.807, 2.05) is 0 Å². The third-order valence-electron chi connectivity index (χ3n) is 0.549. The highest BCUT2D eigenvalue weighted by Crippen LogP contribution is 1.91. The van der Waals surface area contributed by atoms with Gasteiger partial charge < -0.3 is 5.32 Å². The molecule has 0 aliphatic heterocycles. The lowest BCUT2D eigenvalue weighted by Gasteiger charge is -1.95. The first-order valence-electron chi connectivity index (χ1n) is 2.19. The van der Waals surface area contributed by atoms with Crippen molar-refractivity contribution in [3.8, 4) is 0 Å². The molecule has 0 aliphatic rings. The molecule has 4 heteroatoms. The third kappa shape index (κ3) is 4.70. The molecule has 0 aromatic heterocycles. The highest BCUT2D eigenvalue weighted by molar-refractivity contribution is 14.1. The van der Waals surface area contributed by atoms with Crippen molar-refractivity contribution in [3.05, 3.63) is 0 Å². The molecular weight excluding hydrogens is 237 g/mol. The van der Waals surface area contributed by atoms with Gasteiger partial charge in [0.2, 0.25) is 0 Å². The molecule has 2 nitrogen and oxygen atoms in total. The molecule has 0 rings (SSSR count). The van der Waals surface area contributed by atoms with Crippen LogP contribution >= 0.6 is 34.4 Å².